The largest absolute Gasteiger partial charge is 0.0955 e. The van der Waals surface area contributed by atoms with Gasteiger partial charge in [-0.05, 0) is 49.1 Å². The van der Waals surface area contributed by atoms with Gasteiger partial charge < -0.3 is 0 Å². The first-order chi connectivity index (χ1) is 8.15. The molecule has 0 spiro atoms. The van der Waals surface area contributed by atoms with Gasteiger partial charge in [0.15, 0.2) is 0 Å². The van der Waals surface area contributed by atoms with Crippen LogP contribution in [0.15, 0.2) is 30.8 Å². The highest BCUT2D eigenvalue weighted by atomic mass is 14.2. The van der Waals surface area contributed by atoms with E-state index in [-0.39, 0.29) is 0 Å². The van der Waals surface area contributed by atoms with Gasteiger partial charge >= 0.3 is 0 Å². The van der Waals surface area contributed by atoms with Gasteiger partial charge in [-0.25, -0.2) is 0 Å². The first-order valence-electron chi connectivity index (χ1n) is 6.90. The van der Waals surface area contributed by atoms with E-state index in [0.29, 0.717) is 0 Å². The molecule has 0 heteroatoms. The van der Waals surface area contributed by atoms with Crippen molar-refractivity contribution in [1.82, 2.24) is 0 Å². The van der Waals surface area contributed by atoms with Gasteiger partial charge in [0.25, 0.3) is 0 Å². The van der Waals surface area contributed by atoms with Gasteiger partial charge in [-0.2, -0.15) is 0 Å². The summed E-state index contributed by atoms with van der Waals surface area (Å²) < 4.78 is 0. The molecule has 0 aromatic heterocycles. The van der Waals surface area contributed by atoms with E-state index in [1.807, 2.05) is 0 Å². The Morgan fingerprint density at radius 3 is 2.24 bits per heavy atom. The van der Waals surface area contributed by atoms with Crippen LogP contribution in [0, 0.1) is 11.8 Å². The van der Waals surface area contributed by atoms with Crippen LogP contribution in [-0.4, -0.2) is 0 Å². The summed E-state index contributed by atoms with van der Waals surface area (Å²) in [6.45, 7) is 8.43. The smallest absolute Gasteiger partial charge is 0.0233 e. The van der Waals surface area contributed by atoms with E-state index in [4.69, 9.17) is 0 Å². The lowest BCUT2D eigenvalue weighted by Gasteiger charge is -2.26. The van der Waals surface area contributed by atoms with E-state index >= 15 is 0 Å². The monoisotopic (exact) mass is 228 g/mol. The summed E-state index contributed by atoms with van der Waals surface area (Å²) in [7, 11) is 0. The maximum absolute atomic E-state index is 3.98. The molecule has 0 aliphatic heterocycles. The van der Waals surface area contributed by atoms with Gasteiger partial charge in [-0.3, -0.25) is 0 Å². The molecular formula is C17H24. The predicted molar refractivity (Wildman–Crippen MR) is 76.0 cm³/mol. The molecule has 92 valence electrons. The van der Waals surface area contributed by atoms with Crippen molar-refractivity contribution in [2.45, 2.75) is 46.0 Å². The van der Waals surface area contributed by atoms with Crippen LogP contribution in [0.3, 0.4) is 0 Å². The van der Waals surface area contributed by atoms with Crippen molar-refractivity contribution >= 4 is 5.57 Å². The second-order valence-electron chi connectivity index (χ2n) is 5.81. The lowest BCUT2D eigenvalue weighted by atomic mass is 9.80. The minimum Gasteiger partial charge on any atom is -0.0955 e. The standard InChI is InChI=1S/C17H24/c1-13(2)17-10-8-16(9-11-17)12-15-6-4-14(3)5-7-15/h8-11,14-15H,1,4-7,12H2,2-3H3. The zero-order valence-corrected chi connectivity index (χ0v) is 11.2. The third-order valence-electron chi connectivity index (χ3n) is 4.11. The highest BCUT2D eigenvalue weighted by Gasteiger charge is 2.18. The van der Waals surface area contributed by atoms with Crippen LogP contribution in [0.2, 0.25) is 0 Å². The van der Waals surface area contributed by atoms with E-state index in [1.54, 1.807) is 0 Å². The van der Waals surface area contributed by atoms with E-state index in [1.165, 1.54) is 43.2 Å². The second-order valence-corrected chi connectivity index (χ2v) is 5.81. The van der Waals surface area contributed by atoms with Crippen LogP contribution in [0.5, 0.6) is 0 Å². The molecule has 0 saturated heterocycles. The van der Waals surface area contributed by atoms with Gasteiger partial charge in [-0.1, -0.05) is 56.2 Å². The summed E-state index contributed by atoms with van der Waals surface area (Å²) in [4.78, 5) is 0. The molecule has 0 heterocycles. The molecular weight excluding hydrogens is 204 g/mol. The van der Waals surface area contributed by atoms with Crippen LogP contribution in [0.4, 0.5) is 0 Å². The molecule has 1 aromatic carbocycles. The average molecular weight is 228 g/mol. The van der Waals surface area contributed by atoms with Crippen LogP contribution in [-0.2, 0) is 6.42 Å². The summed E-state index contributed by atoms with van der Waals surface area (Å²) in [5, 5.41) is 0. The quantitative estimate of drug-likeness (QED) is 0.676. The Bertz CT molecular complexity index is 364. The normalized spacial score (nSPS) is 24.6. The fraction of sp³-hybridized carbons (Fsp3) is 0.529. The molecule has 0 unspecified atom stereocenters. The molecule has 0 N–H and O–H groups in total. The van der Waals surface area contributed by atoms with E-state index in [0.717, 1.165) is 17.4 Å². The maximum atomic E-state index is 3.98. The first kappa shape index (κ1) is 12.4. The lowest BCUT2D eigenvalue weighted by molar-refractivity contribution is 0.289. The molecule has 2 rings (SSSR count). The number of allylic oxidation sites excluding steroid dienone is 1. The number of benzene rings is 1. The Morgan fingerprint density at radius 2 is 1.71 bits per heavy atom. The Morgan fingerprint density at radius 1 is 1.12 bits per heavy atom. The zero-order chi connectivity index (χ0) is 12.3. The Kier molecular flexibility index (Phi) is 4.04. The molecule has 17 heavy (non-hydrogen) atoms. The topological polar surface area (TPSA) is 0 Å². The summed E-state index contributed by atoms with van der Waals surface area (Å²) >= 11 is 0. The molecule has 0 amide bonds. The summed E-state index contributed by atoms with van der Waals surface area (Å²) in [6.07, 6.45) is 6.96. The molecule has 1 aliphatic rings. The number of hydrogen-bond donors (Lipinski definition) is 0. The third kappa shape index (κ3) is 3.46. The number of rotatable bonds is 3. The number of hydrogen-bond acceptors (Lipinski definition) is 0. The first-order valence-corrected chi connectivity index (χ1v) is 6.90. The lowest BCUT2D eigenvalue weighted by Crippen LogP contribution is -2.14. The molecule has 1 aliphatic carbocycles. The van der Waals surface area contributed by atoms with Crippen molar-refractivity contribution in [3.63, 3.8) is 0 Å². The maximum Gasteiger partial charge on any atom is -0.0233 e. The van der Waals surface area contributed by atoms with E-state index < -0.39 is 0 Å². The van der Waals surface area contributed by atoms with Gasteiger partial charge in [0.1, 0.15) is 0 Å². The van der Waals surface area contributed by atoms with Crippen molar-refractivity contribution in [3.8, 4) is 0 Å². The van der Waals surface area contributed by atoms with Crippen molar-refractivity contribution in [2.24, 2.45) is 11.8 Å². The fourth-order valence-electron chi connectivity index (χ4n) is 2.79. The van der Waals surface area contributed by atoms with Crippen molar-refractivity contribution in [2.75, 3.05) is 0 Å². The van der Waals surface area contributed by atoms with Gasteiger partial charge in [0.05, 0.1) is 0 Å². The zero-order valence-electron chi connectivity index (χ0n) is 11.2. The summed E-state index contributed by atoms with van der Waals surface area (Å²) in [5.41, 5.74) is 3.92. The molecule has 1 aromatic rings. The predicted octanol–water partition coefficient (Wildman–Crippen LogP) is 5.09. The highest BCUT2D eigenvalue weighted by Crippen LogP contribution is 2.30. The summed E-state index contributed by atoms with van der Waals surface area (Å²) in [6, 6.07) is 8.98. The van der Waals surface area contributed by atoms with Crippen LogP contribution in [0.1, 0.15) is 50.7 Å². The molecule has 1 fully saturated rings. The van der Waals surface area contributed by atoms with Gasteiger partial charge in [-0.15, -0.1) is 0 Å². The van der Waals surface area contributed by atoms with Crippen molar-refractivity contribution in [1.29, 1.82) is 0 Å². The van der Waals surface area contributed by atoms with Crippen LogP contribution >= 0.6 is 0 Å². The molecule has 1 saturated carbocycles. The Labute approximate surface area is 106 Å². The molecule has 0 bridgehead atoms. The van der Waals surface area contributed by atoms with Crippen molar-refractivity contribution < 1.29 is 0 Å². The summed E-state index contributed by atoms with van der Waals surface area (Å²) in [5.74, 6) is 1.87. The minimum atomic E-state index is 0.918. The van der Waals surface area contributed by atoms with E-state index in [2.05, 4.69) is 44.7 Å². The van der Waals surface area contributed by atoms with Gasteiger partial charge in [0, 0.05) is 0 Å². The fourth-order valence-corrected chi connectivity index (χ4v) is 2.79. The van der Waals surface area contributed by atoms with E-state index in [9.17, 15) is 0 Å². The Balaban J connectivity index is 1.92. The molecule has 0 atom stereocenters. The average Bonchev–Trinajstić information content (AvgIpc) is 2.33. The minimum absolute atomic E-state index is 0.918. The van der Waals surface area contributed by atoms with Crippen LogP contribution in [0.25, 0.3) is 5.57 Å². The molecule has 0 nitrogen and oxygen atoms in total. The highest BCUT2D eigenvalue weighted by molar-refractivity contribution is 5.61. The van der Waals surface area contributed by atoms with Gasteiger partial charge in [0.2, 0.25) is 0 Å². The third-order valence-corrected chi connectivity index (χ3v) is 4.11. The van der Waals surface area contributed by atoms with Crippen molar-refractivity contribution in [3.05, 3.63) is 42.0 Å². The second kappa shape index (κ2) is 5.53. The van der Waals surface area contributed by atoms with Crippen LogP contribution < -0.4 is 0 Å². The Hall–Kier alpha value is -1.04. The SMILES string of the molecule is C=C(C)c1ccc(CC2CCC(C)CC2)cc1. The molecule has 0 radical (unpaired) electrons.